The highest BCUT2D eigenvalue weighted by atomic mass is 32.3. The van der Waals surface area contributed by atoms with Crippen molar-refractivity contribution in [1.29, 1.82) is 0 Å². The lowest BCUT2D eigenvalue weighted by Crippen LogP contribution is -2.42. The molecule has 12 nitrogen and oxygen atoms in total. The van der Waals surface area contributed by atoms with E-state index in [1.54, 1.807) is 12.7 Å². The number of anilines is 4. The molecule has 0 bridgehead atoms. The van der Waals surface area contributed by atoms with E-state index in [1.165, 1.54) is 0 Å². The molecule has 4 N–H and O–H groups in total. The zero-order chi connectivity index (χ0) is 27.5. The first-order valence-corrected chi connectivity index (χ1v) is 13.0. The standard InChI is InChI=1S/2C13H12N4.H2O4S/c2*1-3-7-12(8-4-1)16-14-11-15-17(16)13-9-5-2-6-10-13;1-5(2,3)4/h2*1-11H,(H,14,15);(H2,1,2,3,4). The molecule has 0 aliphatic carbocycles. The molecule has 0 aromatic heterocycles. The molecule has 2 aliphatic heterocycles. The maximum atomic E-state index is 8.74. The van der Waals surface area contributed by atoms with Crippen molar-refractivity contribution < 1.29 is 17.5 Å². The van der Waals surface area contributed by atoms with Gasteiger partial charge in [0.2, 0.25) is 0 Å². The van der Waals surface area contributed by atoms with Crippen molar-refractivity contribution in [3.05, 3.63) is 121 Å². The van der Waals surface area contributed by atoms with Gasteiger partial charge in [-0.2, -0.15) is 28.9 Å². The van der Waals surface area contributed by atoms with E-state index in [1.807, 2.05) is 142 Å². The molecular weight excluding hydrogens is 520 g/mol. The summed E-state index contributed by atoms with van der Waals surface area (Å²) in [6.07, 6.45) is 3.33. The average Bonchev–Trinajstić information content (AvgIpc) is 3.65. The van der Waals surface area contributed by atoms with E-state index in [2.05, 4.69) is 21.1 Å². The van der Waals surface area contributed by atoms with Gasteiger partial charge in [0.15, 0.2) is 0 Å². The summed E-state index contributed by atoms with van der Waals surface area (Å²) >= 11 is 0. The molecule has 6 rings (SSSR count). The summed E-state index contributed by atoms with van der Waals surface area (Å²) in [6, 6.07) is 40.1. The number of rotatable bonds is 4. The van der Waals surface area contributed by atoms with Gasteiger partial charge in [-0.15, -0.1) is 10.2 Å². The van der Waals surface area contributed by atoms with Crippen LogP contribution in [0.15, 0.2) is 132 Å². The van der Waals surface area contributed by atoms with Gasteiger partial charge < -0.3 is 0 Å². The number of hydrazone groups is 2. The van der Waals surface area contributed by atoms with E-state index in [-0.39, 0.29) is 0 Å². The summed E-state index contributed by atoms with van der Waals surface area (Å²) in [7, 11) is -4.67. The average molecular weight is 547 g/mol. The highest BCUT2D eigenvalue weighted by Gasteiger charge is 2.20. The van der Waals surface area contributed by atoms with Gasteiger partial charge in [0.1, 0.15) is 12.7 Å². The molecule has 0 fully saturated rings. The summed E-state index contributed by atoms with van der Waals surface area (Å²) in [5, 5.41) is 16.0. The molecule has 0 saturated carbocycles. The molecule has 0 atom stereocenters. The van der Waals surface area contributed by atoms with Gasteiger partial charge in [0.25, 0.3) is 0 Å². The molecule has 200 valence electrons. The second kappa shape index (κ2) is 12.9. The monoisotopic (exact) mass is 546 g/mol. The van der Waals surface area contributed by atoms with Gasteiger partial charge in [-0.3, -0.25) is 20.0 Å². The van der Waals surface area contributed by atoms with Crippen LogP contribution in [-0.4, -0.2) is 30.2 Å². The van der Waals surface area contributed by atoms with Crippen molar-refractivity contribution in [3.63, 3.8) is 0 Å². The van der Waals surface area contributed by atoms with Crippen LogP contribution in [0.2, 0.25) is 0 Å². The Balaban J connectivity index is 0.000000155. The first kappa shape index (κ1) is 26.9. The largest absolute Gasteiger partial charge is 0.394 e. The minimum atomic E-state index is -4.67. The van der Waals surface area contributed by atoms with E-state index >= 15 is 0 Å². The van der Waals surface area contributed by atoms with Crippen LogP contribution in [0, 0.1) is 0 Å². The van der Waals surface area contributed by atoms with Crippen LogP contribution in [-0.2, 0) is 10.4 Å². The molecular formula is C26H26N8O4S. The maximum absolute atomic E-state index is 8.74. The molecule has 0 spiro atoms. The van der Waals surface area contributed by atoms with Gasteiger partial charge in [-0.05, 0) is 48.5 Å². The Morgan fingerprint density at radius 2 is 0.744 bits per heavy atom. The summed E-state index contributed by atoms with van der Waals surface area (Å²) in [5.41, 5.74) is 10.3. The Morgan fingerprint density at radius 3 is 1.03 bits per heavy atom. The fourth-order valence-corrected chi connectivity index (χ4v) is 3.48. The summed E-state index contributed by atoms with van der Waals surface area (Å²) in [4.78, 5) is 0. The van der Waals surface area contributed by atoms with E-state index in [0.29, 0.717) is 0 Å². The first-order valence-electron chi connectivity index (χ1n) is 11.6. The molecule has 0 amide bonds. The van der Waals surface area contributed by atoms with Crippen molar-refractivity contribution in [2.24, 2.45) is 10.2 Å². The molecule has 2 aliphatic rings. The van der Waals surface area contributed by atoms with Crippen LogP contribution < -0.4 is 31.3 Å². The predicted molar refractivity (Wildman–Crippen MR) is 153 cm³/mol. The second-order valence-electron chi connectivity index (χ2n) is 7.74. The predicted octanol–water partition coefficient (Wildman–Crippen LogP) is 4.10. The van der Waals surface area contributed by atoms with Gasteiger partial charge in [0, 0.05) is 0 Å². The number of nitrogens with zero attached hydrogens (tertiary/aromatic N) is 6. The molecule has 2 heterocycles. The zero-order valence-corrected chi connectivity index (χ0v) is 21.3. The van der Waals surface area contributed by atoms with Gasteiger partial charge >= 0.3 is 10.4 Å². The topological polar surface area (TPSA) is 136 Å². The van der Waals surface area contributed by atoms with E-state index in [4.69, 9.17) is 17.5 Å². The Bertz CT molecular complexity index is 1350. The number of hydrogen-bond donors (Lipinski definition) is 4. The second-order valence-corrected chi connectivity index (χ2v) is 8.64. The molecule has 4 aromatic rings. The Morgan fingerprint density at radius 1 is 0.487 bits per heavy atom. The summed E-state index contributed by atoms with van der Waals surface area (Å²) in [5.74, 6) is 0. The molecule has 0 radical (unpaired) electrons. The Kier molecular flexibility index (Phi) is 8.92. The molecule has 0 unspecified atom stereocenters. The van der Waals surface area contributed by atoms with Crippen molar-refractivity contribution >= 4 is 45.8 Å². The Labute approximate surface area is 226 Å². The minimum absolute atomic E-state index is 1.01. The normalized spacial score (nSPS) is 13.6. The number of nitrogens with one attached hydrogen (secondary N) is 2. The summed E-state index contributed by atoms with van der Waals surface area (Å²) < 4.78 is 31.6. The third kappa shape index (κ3) is 7.93. The van der Waals surface area contributed by atoms with Crippen LogP contribution in [0.25, 0.3) is 0 Å². The smallest absolute Gasteiger partial charge is 0.265 e. The quantitative estimate of drug-likeness (QED) is 0.277. The fraction of sp³-hybridized carbons (Fsp3) is 0. The van der Waals surface area contributed by atoms with E-state index < -0.39 is 10.4 Å². The number of para-hydroxylation sites is 4. The van der Waals surface area contributed by atoms with Crippen molar-refractivity contribution in [1.82, 2.24) is 10.9 Å². The third-order valence-electron chi connectivity index (χ3n) is 5.05. The lowest BCUT2D eigenvalue weighted by molar-refractivity contribution is 0.381. The van der Waals surface area contributed by atoms with Crippen LogP contribution in [0.3, 0.4) is 0 Å². The number of hydrogen-bond acceptors (Lipinski definition) is 10. The van der Waals surface area contributed by atoms with Crippen molar-refractivity contribution in [3.8, 4) is 0 Å². The van der Waals surface area contributed by atoms with Crippen LogP contribution >= 0.6 is 0 Å². The van der Waals surface area contributed by atoms with Crippen molar-refractivity contribution in [2.45, 2.75) is 0 Å². The molecule has 0 saturated heterocycles. The molecule has 13 heteroatoms. The van der Waals surface area contributed by atoms with Gasteiger partial charge in [0.05, 0.1) is 22.7 Å². The molecule has 39 heavy (non-hydrogen) atoms. The van der Waals surface area contributed by atoms with Crippen LogP contribution in [0.1, 0.15) is 0 Å². The number of benzene rings is 4. The maximum Gasteiger partial charge on any atom is 0.394 e. The van der Waals surface area contributed by atoms with E-state index in [9.17, 15) is 0 Å². The SMILES string of the molecule is C1=NN(c2ccccc2)N(c2ccccc2)N1.C1=NN(c2ccccc2)N(c2ccccc2)N1.O=S(=O)(O)O. The van der Waals surface area contributed by atoms with Crippen LogP contribution in [0.5, 0.6) is 0 Å². The van der Waals surface area contributed by atoms with Crippen molar-refractivity contribution in [2.75, 3.05) is 20.5 Å². The lowest BCUT2D eigenvalue weighted by atomic mass is 10.3. The molecule has 4 aromatic carbocycles. The van der Waals surface area contributed by atoms with Crippen LogP contribution in [0.4, 0.5) is 22.7 Å². The summed E-state index contributed by atoms with van der Waals surface area (Å²) in [6.45, 7) is 0. The van der Waals surface area contributed by atoms with E-state index in [0.717, 1.165) is 22.7 Å². The minimum Gasteiger partial charge on any atom is -0.265 e. The fourth-order valence-electron chi connectivity index (χ4n) is 3.48. The lowest BCUT2D eigenvalue weighted by Gasteiger charge is -2.27. The third-order valence-corrected chi connectivity index (χ3v) is 5.05. The zero-order valence-electron chi connectivity index (χ0n) is 20.5. The highest BCUT2D eigenvalue weighted by Crippen LogP contribution is 2.23. The number of hydrazine groups is 4. The highest BCUT2D eigenvalue weighted by molar-refractivity contribution is 7.79. The first-order chi connectivity index (χ1) is 18.9. The van der Waals surface area contributed by atoms with Gasteiger partial charge in [-0.25, -0.2) is 0 Å². The Hall–Kier alpha value is -5.11. The van der Waals surface area contributed by atoms with Gasteiger partial charge in [-0.1, -0.05) is 72.8 Å².